The molecule has 0 atom stereocenters. The Balaban J connectivity index is 2.03. The summed E-state index contributed by atoms with van der Waals surface area (Å²) in [6, 6.07) is 5.38. The van der Waals surface area contributed by atoms with E-state index in [1.165, 1.54) is 6.07 Å². The molecule has 1 aromatic carbocycles. The lowest BCUT2D eigenvalue weighted by Crippen LogP contribution is -1.97. The summed E-state index contributed by atoms with van der Waals surface area (Å²) in [5, 5.41) is 17.5. The minimum absolute atomic E-state index is 0.0671. The number of hydrogen-bond acceptors (Lipinski definition) is 4. The Bertz CT molecular complexity index is 674. The van der Waals surface area contributed by atoms with Crippen molar-refractivity contribution in [2.45, 2.75) is 25.7 Å². The lowest BCUT2D eigenvalue weighted by atomic mass is 10.1. The summed E-state index contributed by atoms with van der Waals surface area (Å²) in [6.07, 6.45) is 2.32. The van der Waals surface area contributed by atoms with Crippen LogP contribution in [0, 0.1) is 6.92 Å². The van der Waals surface area contributed by atoms with Crippen LogP contribution in [0.3, 0.4) is 0 Å². The molecule has 1 N–H and O–H groups in total. The van der Waals surface area contributed by atoms with Crippen LogP contribution < -0.4 is 4.74 Å². The predicted octanol–water partition coefficient (Wildman–Crippen LogP) is 4.58. The molecule has 1 saturated carbocycles. The number of hydrogen-bond donors (Lipinski definition) is 1. The monoisotopic (exact) mass is 354 g/mol. The van der Waals surface area contributed by atoms with Crippen LogP contribution >= 0.6 is 27.5 Å². The molecule has 1 aliphatic carbocycles. The Morgan fingerprint density at radius 1 is 1.35 bits per heavy atom. The highest BCUT2D eigenvalue weighted by Gasteiger charge is 2.28. The first-order valence-electron chi connectivity index (χ1n) is 6.25. The fourth-order valence-corrected chi connectivity index (χ4v) is 2.51. The molecule has 0 aliphatic heterocycles. The van der Waals surface area contributed by atoms with Gasteiger partial charge < -0.3 is 9.84 Å². The first kappa shape index (κ1) is 13.6. The van der Waals surface area contributed by atoms with Crippen LogP contribution in [-0.4, -0.2) is 15.3 Å². The zero-order valence-electron chi connectivity index (χ0n) is 10.7. The van der Waals surface area contributed by atoms with Crippen molar-refractivity contribution in [3.05, 3.63) is 39.0 Å². The van der Waals surface area contributed by atoms with E-state index >= 15 is 0 Å². The Labute approximate surface area is 129 Å². The van der Waals surface area contributed by atoms with E-state index in [0.29, 0.717) is 5.92 Å². The summed E-state index contributed by atoms with van der Waals surface area (Å²) in [5.41, 5.74) is 2.12. The predicted molar refractivity (Wildman–Crippen MR) is 79.6 cm³/mol. The van der Waals surface area contributed by atoms with Gasteiger partial charge in [-0.25, -0.2) is 0 Å². The maximum absolute atomic E-state index is 9.83. The van der Waals surface area contributed by atoms with E-state index in [4.69, 9.17) is 16.3 Å². The van der Waals surface area contributed by atoms with E-state index in [-0.39, 0.29) is 16.8 Å². The zero-order chi connectivity index (χ0) is 14.3. The van der Waals surface area contributed by atoms with Crippen molar-refractivity contribution in [1.29, 1.82) is 0 Å². The first-order chi connectivity index (χ1) is 9.56. The molecule has 4 nitrogen and oxygen atoms in total. The van der Waals surface area contributed by atoms with E-state index in [2.05, 4.69) is 26.1 Å². The molecule has 0 saturated heterocycles. The van der Waals surface area contributed by atoms with Crippen molar-refractivity contribution in [3.63, 3.8) is 0 Å². The Kier molecular flexibility index (Phi) is 3.56. The number of nitrogens with zero attached hydrogens (tertiary/aromatic N) is 2. The van der Waals surface area contributed by atoms with Gasteiger partial charge in [0.25, 0.3) is 5.88 Å². The maximum atomic E-state index is 9.83. The molecule has 0 amide bonds. The van der Waals surface area contributed by atoms with Gasteiger partial charge in [-0.2, -0.15) is 0 Å². The van der Waals surface area contributed by atoms with E-state index in [1.807, 2.05) is 19.1 Å². The lowest BCUT2D eigenvalue weighted by Gasteiger charge is -2.14. The fraction of sp³-hybridized carbons (Fsp3) is 0.286. The van der Waals surface area contributed by atoms with E-state index in [1.54, 1.807) is 0 Å². The van der Waals surface area contributed by atoms with Gasteiger partial charge in [0.2, 0.25) is 0 Å². The topological polar surface area (TPSA) is 55.2 Å². The summed E-state index contributed by atoms with van der Waals surface area (Å²) in [7, 11) is 0. The minimum atomic E-state index is -0.119. The molecule has 2 aromatic rings. The van der Waals surface area contributed by atoms with Crippen LogP contribution in [0.15, 0.2) is 22.7 Å². The van der Waals surface area contributed by atoms with Crippen LogP contribution in [0.1, 0.15) is 29.9 Å². The second-order valence-corrected chi connectivity index (χ2v) is 6.07. The highest BCUT2D eigenvalue weighted by molar-refractivity contribution is 9.10. The normalized spacial score (nSPS) is 14.3. The van der Waals surface area contributed by atoms with Crippen molar-refractivity contribution in [1.82, 2.24) is 10.2 Å². The molecule has 1 aromatic heterocycles. The van der Waals surface area contributed by atoms with E-state index < -0.39 is 0 Å². The van der Waals surface area contributed by atoms with Gasteiger partial charge in [-0.3, -0.25) is 0 Å². The summed E-state index contributed by atoms with van der Waals surface area (Å²) in [6.45, 7) is 1.96. The molecule has 0 bridgehead atoms. The largest absolute Gasteiger partial charge is 0.503 e. The average Bonchev–Trinajstić information content (AvgIpc) is 3.22. The standard InChI is InChI=1S/C14H12BrClN2O2/c1-7-10(15)5-4-9(8-2-3-8)13(7)20-14-11(19)6-12(16)17-18-14/h4-6,8H,2-3H2,1H3,(H,17,19). The smallest absolute Gasteiger partial charge is 0.281 e. The van der Waals surface area contributed by atoms with Gasteiger partial charge in [0.05, 0.1) is 0 Å². The third-order valence-electron chi connectivity index (χ3n) is 3.30. The summed E-state index contributed by atoms with van der Waals surface area (Å²) in [4.78, 5) is 0. The first-order valence-corrected chi connectivity index (χ1v) is 7.42. The third kappa shape index (κ3) is 2.60. The van der Waals surface area contributed by atoms with Crippen LogP contribution in [0.25, 0.3) is 0 Å². The van der Waals surface area contributed by atoms with Crippen molar-refractivity contribution in [2.24, 2.45) is 0 Å². The van der Waals surface area contributed by atoms with Gasteiger partial charge in [0.15, 0.2) is 10.9 Å². The maximum Gasteiger partial charge on any atom is 0.281 e. The molecule has 0 spiro atoms. The van der Waals surface area contributed by atoms with E-state index in [9.17, 15) is 5.11 Å². The SMILES string of the molecule is Cc1c(Br)ccc(C2CC2)c1Oc1nnc(Cl)cc1O. The number of halogens is 2. The number of ether oxygens (including phenoxy) is 1. The second-order valence-electron chi connectivity index (χ2n) is 4.82. The van der Waals surface area contributed by atoms with Crippen molar-refractivity contribution >= 4 is 27.5 Å². The second kappa shape index (κ2) is 5.22. The molecular weight excluding hydrogens is 344 g/mol. The van der Waals surface area contributed by atoms with Gasteiger partial charge in [0, 0.05) is 16.1 Å². The van der Waals surface area contributed by atoms with Crippen molar-refractivity contribution in [2.75, 3.05) is 0 Å². The van der Waals surface area contributed by atoms with Gasteiger partial charge in [-0.05, 0) is 37.3 Å². The fourth-order valence-electron chi connectivity index (χ4n) is 2.06. The van der Waals surface area contributed by atoms with Crippen LogP contribution in [0.2, 0.25) is 5.15 Å². The molecular formula is C14H12BrClN2O2. The van der Waals surface area contributed by atoms with Gasteiger partial charge in [-0.1, -0.05) is 33.6 Å². The van der Waals surface area contributed by atoms with Gasteiger partial charge >= 0.3 is 0 Å². The summed E-state index contributed by atoms with van der Waals surface area (Å²) in [5.74, 6) is 1.21. The highest BCUT2D eigenvalue weighted by Crippen LogP contribution is 2.48. The highest BCUT2D eigenvalue weighted by atomic mass is 79.9. The third-order valence-corrected chi connectivity index (χ3v) is 4.34. The van der Waals surface area contributed by atoms with Crippen molar-refractivity contribution in [3.8, 4) is 17.4 Å². The molecule has 6 heteroatoms. The number of aromatic hydroxyl groups is 1. The molecule has 3 rings (SSSR count). The molecule has 1 aliphatic rings. The Morgan fingerprint density at radius 3 is 2.75 bits per heavy atom. The number of benzene rings is 1. The van der Waals surface area contributed by atoms with E-state index in [0.717, 1.165) is 34.2 Å². The van der Waals surface area contributed by atoms with Crippen molar-refractivity contribution < 1.29 is 9.84 Å². The van der Waals surface area contributed by atoms with Crippen LogP contribution in [0.4, 0.5) is 0 Å². The average molecular weight is 356 g/mol. The lowest BCUT2D eigenvalue weighted by molar-refractivity contribution is 0.387. The van der Waals surface area contributed by atoms with Crippen LogP contribution in [-0.2, 0) is 0 Å². The molecule has 104 valence electrons. The summed E-state index contributed by atoms with van der Waals surface area (Å²) >= 11 is 9.17. The molecule has 0 radical (unpaired) electrons. The Morgan fingerprint density at radius 2 is 2.10 bits per heavy atom. The molecule has 1 fully saturated rings. The minimum Gasteiger partial charge on any atom is -0.503 e. The molecule has 1 heterocycles. The van der Waals surface area contributed by atoms with Gasteiger partial charge in [0.1, 0.15) is 5.75 Å². The number of aromatic nitrogens is 2. The zero-order valence-corrected chi connectivity index (χ0v) is 13.1. The Hall–Kier alpha value is -1.33. The molecule has 0 unspecified atom stereocenters. The van der Waals surface area contributed by atoms with Gasteiger partial charge in [-0.15, -0.1) is 10.2 Å². The quantitative estimate of drug-likeness (QED) is 0.876. The molecule has 20 heavy (non-hydrogen) atoms. The summed E-state index contributed by atoms with van der Waals surface area (Å²) < 4.78 is 6.75. The number of rotatable bonds is 3. The van der Waals surface area contributed by atoms with Crippen LogP contribution in [0.5, 0.6) is 17.4 Å².